The molecule has 2 aromatic rings. The van der Waals surface area contributed by atoms with Crippen LogP contribution in [0, 0.1) is 0 Å². The molecule has 3 nitrogen and oxygen atoms in total. The van der Waals surface area contributed by atoms with Gasteiger partial charge in [0.2, 0.25) is 3.55 Å². The molecule has 0 saturated heterocycles. The quantitative estimate of drug-likeness (QED) is 0.355. The highest BCUT2D eigenvalue weighted by molar-refractivity contribution is 14.1. The van der Waals surface area contributed by atoms with Crippen LogP contribution in [0.4, 0.5) is 0 Å². The van der Waals surface area contributed by atoms with Gasteiger partial charge in [-0.3, -0.25) is 0 Å². The largest absolute Gasteiger partial charge is 0.458 e. The minimum atomic E-state index is -0.839. The molecule has 0 N–H and O–H groups in total. The number of carbonyl (C=O) groups excluding carboxylic acids is 1. The van der Waals surface area contributed by atoms with Crippen molar-refractivity contribution in [3.63, 3.8) is 0 Å². The molecule has 1 aliphatic rings. The van der Waals surface area contributed by atoms with Crippen LogP contribution in [-0.2, 0) is 16.1 Å². The second-order valence-corrected chi connectivity index (χ2v) is 6.07. The first kappa shape index (κ1) is 13.3. The predicted molar refractivity (Wildman–Crippen MR) is 86.0 cm³/mol. The monoisotopic (exact) mass is 377 g/mol. The lowest BCUT2D eigenvalue weighted by Gasteiger charge is -2.08. The first-order valence-corrected chi connectivity index (χ1v) is 7.34. The van der Waals surface area contributed by atoms with Crippen molar-refractivity contribution >= 4 is 34.3 Å². The van der Waals surface area contributed by atoms with Gasteiger partial charge in [-0.1, -0.05) is 60.7 Å². The summed E-state index contributed by atoms with van der Waals surface area (Å²) in [5.74, 6) is -0.305. The predicted octanol–water partition coefficient (Wildman–Crippen LogP) is 3.36. The molecule has 100 valence electrons. The molecule has 1 aliphatic heterocycles. The van der Waals surface area contributed by atoms with Gasteiger partial charge in [-0.15, -0.1) is 0 Å². The number of nitrogens with zero attached hydrogens (tertiary/aromatic N) is 1. The minimum Gasteiger partial charge on any atom is -0.458 e. The Morgan fingerprint density at radius 1 is 1.05 bits per heavy atom. The molecule has 0 fully saturated rings. The summed E-state index contributed by atoms with van der Waals surface area (Å²) in [5.41, 5.74) is 2.73. The summed E-state index contributed by atoms with van der Waals surface area (Å²) >= 11 is 2.04. The van der Waals surface area contributed by atoms with Gasteiger partial charge in [-0.25, -0.2) is 9.79 Å². The maximum atomic E-state index is 12.1. The van der Waals surface area contributed by atoms with E-state index in [4.69, 9.17) is 4.74 Å². The SMILES string of the molecule is O=C(OCc1ccccc1)C1(I)N=C1c1ccccc1. The Morgan fingerprint density at radius 3 is 2.30 bits per heavy atom. The number of benzene rings is 2. The van der Waals surface area contributed by atoms with Crippen LogP contribution in [-0.4, -0.2) is 15.2 Å². The topological polar surface area (TPSA) is 38.7 Å². The zero-order chi connectivity index (χ0) is 14.0. The molecular formula is C16H12INO2. The zero-order valence-electron chi connectivity index (χ0n) is 10.6. The van der Waals surface area contributed by atoms with Crippen molar-refractivity contribution in [2.75, 3.05) is 0 Å². The van der Waals surface area contributed by atoms with Crippen LogP contribution in [0.5, 0.6) is 0 Å². The van der Waals surface area contributed by atoms with Crippen molar-refractivity contribution in [3.8, 4) is 0 Å². The Morgan fingerprint density at radius 2 is 1.65 bits per heavy atom. The van der Waals surface area contributed by atoms with E-state index in [9.17, 15) is 4.79 Å². The third-order valence-electron chi connectivity index (χ3n) is 3.06. The van der Waals surface area contributed by atoms with Crippen molar-refractivity contribution in [2.45, 2.75) is 10.2 Å². The molecule has 1 unspecified atom stereocenters. The van der Waals surface area contributed by atoms with Crippen molar-refractivity contribution in [1.29, 1.82) is 0 Å². The third-order valence-corrected chi connectivity index (χ3v) is 4.25. The number of hydrogen-bond acceptors (Lipinski definition) is 3. The fourth-order valence-corrected chi connectivity index (χ4v) is 2.65. The lowest BCUT2D eigenvalue weighted by atomic mass is 10.1. The number of ether oxygens (including phenoxy) is 1. The molecule has 4 heteroatoms. The number of aliphatic imine (C=N–C) groups is 1. The fraction of sp³-hybridized carbons (Fsp3) is 0.125. The van der Waals surface area contributed by atoms with Crippen molar-refractivity contribution in [2.24, 2.45) is 4.99 Å². The van der Waals surface area contributed by atoms with Gasteiger partial charge in [0.15, 0.2) is 0 Å². The Bertz CT molecular complexity index is 655. The second kappa shape index (κ2) is 5.36. The summed E-state index contributed by atoms with van der Waals surface area (Å²) in [5, 5.41) is 0. The maximum Gasteiger partial charge on any atom is 0.351 e. The Balaban J connectivity index is 1.62. The normalized spacial score (nSPS) is 20.1. The molecule has 1 heterocycles. The number of alkyl halides is 1. The van der Waals surface area contributed by atoms with E-state index in [1.165, 1.54) is 0 Å². The molecule has 3 rings (SSSR count). The molecule has 0 bridgehead atoms. The maximum absolute atomic E-state index is 12.1. The van der Waals surface area contributed by atoms with E-state index in [-0.39, 0.29) is 12.6 Å². The summed E-state index contributed by atoms with van der Waals surface area (Å²) in [6, 6.07) is 19.3. The van der Waals surface area contributed by atoms with Gasteiger partial charge in [0, 0.05) is 0 Å². The van der Waals surface area contributed by atoms with E-state index >= 15 is 0 Å². The van der Waals surface area contributed by atoms with Crippen LogP contribution < -0.4 is 0 Å². The Labute approximate surface area is 130 Å². The van der Waals surface area contributed by atoms with E-state index in [0.29, 0.717) is 0 Å². The van der Waals surface area contributed by atoms with Gasteiger partial charge in [0.1, 0.15) is 6.61 Å². The smallest absolute Gasteiger partial charge is 0.351 e. The van der Waals surface area contributed by atoms with E-state index in [1.807, 2.05) is 83.3 Å². The molecule has 0 aromatic heterocycles. The summed E-state index contributed by atoms with van der Waals surface area (Å²) < 4.78 is 4.51. The summed E-state index contributed by atoms with van der Waals surface area (Å²) in [7, 11) is 0. The van der Waals surface area contributed by atoms with E-state index in [1.54, 1.807) is 0 Å². The molecule has 0 saturated carbocycles. The van der Waals surface area contributed by atoms with Crippen LogP contribution in [0.2, 0.25) is 0 Å². The molecular weight excluding hydrogens is 365 g/mol. The van der Waals surface area contributed by atoms with Crippen molar-refractivity contribution in [3.05, 3.63) is 71.8 Å². The zero-order valence-corrected chi connectivity index (χ0v) is 12.8. The Hall–Kier alpha value is -1.69. The highest BCUT2D eigenvalue weighted by atomic mass is 127. The van der Waals surface area contributed by atoms with Gasteiger partial charge >= 0.3 is 5.97 Å². The van der Waals surface area contributed by atoms with E-state index in [0.717, 1.165) is 16.8 Å². The second-order valence-electron chi connectivity index (χ2n) is 4.51. The van der Waals surface area contributed by atoms with Gasteiger partial charge < -0.3 is 4.74 Å². The first-order chi connectivity index (χ1) is 9.70. The average molecular weight is 377 g/mol. The lowest BCUT2D eigenvalue weighted by molar-refractivity contribution is -0.144. The fourth-order valence-electron chi connectivity index (χ4n) is 1.94. The molecule has 20 heavy (non-hydrogen) atoms. The van der Waals surface area contributed by atoms with Crippen LogP contribution >= 0.6 is 22.6 Å². The van der Waals surface area contributed by atoms with Crippen LogP contribution in [0.15, 0.2) is 65.7 Å². The van der Waals surface area contributed by atoms with Gasteiger partial charge in [-0.05, 0) is 33.7 Å². The van der Waals surface area contributed by atoms with Crippen molar-refractivity contribution in [1.82, 2.24) is 0 Å². The average Bonchev–Trinajstić information content (AvgIpc) is 3.20. The van der Waals surface area contributed by atoms with Crippen LogP contribution in [0.25, 0.3) is 0 Å². The molecule has 0 amide bonds. The summed E-state index contributed by atoms with van der Waals surface area (Å²) in [6.07, 6.45) is 0. The molecule has 0 radical (unpaired) electrons. The van der Waals surface area contributed by atoms with Crippen LogP contribution in [0.1, 0.15) is 11.1 Å². The summed E-state index contributed by atoms with van der Waals surface area (Å²) in [4.78, 5) is 16.4. The van der Waals surface area contributed by atoms with Crippen molar-refractivity contribution < 1.29 is 9.53 Å². The highest BCUT2D eigenvalue weighted by Crippen LogP contribution is 2.40. The minimum absolute atomic E-state index is 0.280. The highest BCUT2D eigenvalue weighted by Gasteiger charge is 2.54. The number of rotatable bonds is 4. The van der Waals surface area contributed by atoms with Gasteiger partial charge in [0.25, 0.3) is 0 Å². The molecule has 1 atom stereocenters. The van der Waals surface area contributed by atoms with Gasteiger partial charge in [0.05, 0.1) is 5.71 Å². The molecule has 0 spiro atoms. The number of hydrogen-bond donors (Lipinski definition) is 0. The summed E-state index contributed by atoms with van der Waals surface area (Å²) in [6.45, 7) is 0.280. The van der Waals surface area contributed by atoms with E-state index < -0.39 is 3.55 Å². The number of halogens is 1. The molecule has 0 aliphatic carbocycles. The lowest BCUT2D eigenvalue weighted by Crippen LogP contribution is -2.26. The first-order valence-electron chi connectivity index (χ1n) is 6.26. The standard InChI is InChI=1S/C16H12INO2/c17-16(14(18-16)13-9-5-2-6-10-13)15(19)20-11-12-7-3-1-4-8-12/h1-10H,11H2. The Kier molecular flexibility index (Phi) is 3.56. The molecule has 2 aromatic carbocycles. The van der Waals surface area contributed by atoms with Gasteiger partial charge in [-0.2, -0.15) is 0 Å². The van der Waals surface area contributed by atoms with Crippen LogP contribution in [0.3, 0.4) is 0 Å². The third kappa shape index (κ3) is 2.60. The van der Waals surface area contributed by atoms with E-state index in [2.05, 4.69) is 4.99 Å². The number of esters is 1. The number of carbonyl (C=O) groups is 1.